The van der Waals surface area contributed by atoms with Crippen molar-refractivity contribution in [2.24, 2.45) is 0 Å². The summed E-state index contributed by atoms with van der Waals surface area (Å²) in [7, 11) is 0. The predicted octanol–water partition coefficient (Wildman–Crippen LogP) is 2.34. The summed E-state index contributed by atoms with van der Waals surface area (Å²) >= 11 is 0. The summed E-state index contributed by atoms with van der Waals surface area (Å²) in [6.07, 6.45) is 6.23. The molecular weight excluding hydrogens is 200 g/mol. The lowest BCUT2D eigenvalue weighted by Crippen LogP contribution is -2.16. The predicted molar refractivity (Wildman–Crippen MR) is 64.8 cm³/mol. The summed E-state index contributed by atoms with van der Waals surface area (Å²) in [5.74, 6) is 0.711. The molecule has 16 heavy (non-hydrogen) atoms. The van der Waals surface area contributed by atoms with Gasteiger partial charge in [0.25, 0.3) is 0 Å². The molecule has 3 heteroatoms. The number of hydrogen-bond donors (Lipinski definition) is 1. The molecular formula is C13H18N2O. The van der Waals surface area contributed by atoms with Crippen LogP contribution in [-0.2, 0) is 11.3 Å². The number of nitrogens with zero attached hydrogens (tertiary/aromatic N) is 1. The maximum absolute atomic E-state index is 5.43. The first-order chi connectivity index (χ1) is 7.81. The largest absolute Gasteiger partial charge is 0.494 e. The van der Waals surface area contributed by atoms with Crippen LogP contribution in [0.1, 0.15) is 30.9 Å². The highest BCUT2D eigenvalue weighted by atomic mass is 16.5. The molecule has 0 unspecified atom stereocenters. The van der Waals surface area contributed by atoms with E-state index in [1.807, 2.05) is 25.4 Å². The van der Waals surface area contributed by atoms with Gasteiger partial charge in [-0.05, 0) is 31.4 Å². The standard InChI is InChI=1S/C13H18N2O/c1-3-16-10(2)13-9-14-7-6-11(13)8-15-12-4-5-12/h6-7,9,12,15H,2-5,8H2,1H3. The average Bonchev–Trinajstić information content (AvgIpc) is 3.11. The number of ether oxygens (including phenoxy) is 1. The third-order valence-corrected chi connectivity index (χ3v) is 2.69. The van der Waals surface area contributed by atoms with E-state index in [2.05, 4.69) is 16.9 Å². The molecule has 0 bridgehead atoms. The zero-order valence-electron chi connectivity index (χ0n) is 9.70. The van der Waals surface area contributed by atoms with Crippen LogP contribution in [-0.4, -0.2) is 17.6 Å². The van der Waals surface area contributed by atoms with Crippen LogP contribution in [0.3, 0.4) is 0 Å². The molecule has 1 N–H and O–H groups in total. The van der Waals surface area contributed by atoms with Crippen LogP contribution in [0.4, 0.5) is 0 Å². The van der Waals surface area contributed by atoms with Crippen molar-refractivity contribution in [3.8, 4) is 0 Å². The first-order valence-electron chi connectivity index (χ1n) is 5.79. The van der Waals surface area contributed by atoms with Crippen LogP contribution < -0.4 is 5.32 Å². The smallest absolute Gasteiger partial charge is 0.121 e. The van der Waals surface area contributed by atoms with Crippen LogP contribution in [0.2, 0.25) is 0 Å². The van der Waals surface area contributed by atoms with Gasteiger partial charge in [-0.25, -0.2) is 0 Å². The molecule has 1 fully saturated rings. The molecule has 1 aliphatic rings. The second-order valence-corrected chi connectivity index (χ2v) is 4.04. The summed E-state index contributed by atoms with van der Waals surface area (Å²) in [6.45, 7) is 7.40. The van der Waals surface area contributed by atoms with Crippen LogP contribution in [0, 0.1) is 0 Å². The molecule has 0 aromatic carbocycles. The van der Waals surface area contributed by atoms with Crippen LogP contribution >= 0.6 is 0 Å². The third-order valence-electron chi connectivity index (χ3n) is 2.69. The van der Waals surface area contributed by atoms with Crippen molar-refractivity contribution in [3.63, 3.8) is 0 Å². The zero-order valence-corrected chi connectivity index (χ0v) is 9.70. The molecule has 1 aromatic rings. The summed E-state index contributed by atoms with van der Waals surface area (Å²) in [6, 6.07) is 2.73. The highest BCUT2D eigenvalue weighted by Crippen LogP contribution is 2.22. The normalized spacial score (nSPS) is 14.8. The third kappa shape index (κ3) is 2.83. The molecule has 1 saturated carbocycles. The van der Waals surface area contributed by atoms with Gasteiger partial charge in [0.1, 0.15) is 5.76 Å². The Bertz CT molecular complexity index is 372. The molecule has 2 rings (SSSR count). The van der Waals surface area contributed by atoms with E-state index in [-0.39, 0.29) is 0 Å². The fraction of sp³-hybridized carbons (Fsp3) is 0.462. The van der Waals surface area contributed by atoms with E-state index < -0.39 is 0 Å². The van der Waals surface area contributed by atoms with Gasteiger partial charge in [0, 0.05) is 30.5 Å². The quantitative estimate of drug-likeness (QED) is 0.744. The number of nitrogens with one attached hydrogen (secondary N) is 1. The van der Waals surface area contributed by atoms with Gasteiger partial charge in [-0.2, -0.15) is 0 Å². The molecule has 86 valence electrons. The Morgan fingerprint density at radius 2 is 2.44 bits per heavy atom. The number of pyridine rings is 1. The minimum atomic E-state index is 0.642. The van der Waals surface area contributed by atoms with Gasteiger partial charge in [-0.1, -0.05) is 6.58 Å². The number of aromatic nitrogens is 1. The molecule has 0 spiro atoms. The highest BCUT2D eigenvalue weighted by molar-refractivity contribution is 5.59. The minimum absolute atomic E-state index is 0.642. The molecule has 1 heterocycles. The van der Waals surface area contributed by atoms with Crippen molar-refractivity contribution in [3.05, 3.63) is 36.2 Å². The van der Waals surface area contributed by atoms with Gasteiger partial charge >= 0.3 is 0 Å². The average molecular weight is 218 g/mol. The Morgan fingerprint density at radius 1 is 1.62 bits per heavy atom. The number of rotatable bonds is 6. The molecule has 0 radical (unpaired) electrons. The SMILES string of the molecule is C=C(OCC)c1cnccc1CNC1CC1. The number of hydrogen-bond acceptors (Lipinski definition) is 3. The van der Waals surface area contributed by atoms with Crippen LogP contribution in [0.15, 0.2) is 25.0 Å². The van der Waals surface area contributed by atoms with E-state index in [1.165, 1.54) is 18.4 Å². The molecule has 0 aliphatic heterocycles. The lowest BCUT2D eigenvalue weighted by molar-refractivity contribution is 0.298. The van der Waals surface area contributed by atoms with Gasteiger partial charge in [-0.15, -0.1) is 0 Å². The molecule has 1 aromatic heterocycles. The maximum Gasteiger partial charge on any atom is 0.121 e. The molecule has 1 aliphatic carbocycles. The lowest BCUT2D eigenvalue weighted by Gasteiger charge is -2.12. The van der Waals surface area contributed by atoms with Crippen molar-refractivity contribution in [2.75, 3.05) is 6.61 Å². The highest BCUT2D eigenvalue weighted by Gasteiger charge is 2.20. The van der Waals surface area contributed by atoms with E-state index in [9.17, 15) is 0 Å². The van der Waals surface area contributed by atoms with E-state index in [0.717, 1.165) is 12.1 Å². The Kier molecular flexibility index (Phi) is 3.57. The van der Waals surface area contributed by atoms with Gasteiger partial charge in [0.2, 0.25) is 0 Å². The second-order valence-electron chi connectivity index (χ2n) is 4.04. The Hall–Kier alpha value is -1.35. The molecule has 0 atom stereocenters. The zero-order chi connectivity index (χ0) is 11.4. The van der Waals surface area contributed by atoms with E-state index in [1.54, 1.807) is 0 Å². The van der Waals surface area contributed by atoms with Crippen molar-refractivity contribution in [1.82, 2.24) is 10.3 Å². The summed E-state index contributed by atoms with van der Waals surface area (Å²) < 4.78 is 5.43. The fourth-order valence-electron chi connectivity index (χ4n) is 1.62. The van der Waals surface area contributed by atoms with Crippen molar-refractivity contribution >= 4 is 5.76 Å². The lowest BCUT2D eigenvalue weighted by atomic mass is 10.1. The summed E-state index contributed by atoms with van der Waals surface area (Å²) in [5.41, 5.74) is 2.22. The Morgan fingerprint density at radius 3 is 3.12 bits per heavy atom. The first-order valence-corrected chi connectivity index (χ1v) is 5.79. The van der Waals surface area contributed by atoms with Crippen molar-refractivity contribution in [2.45, 2.75) is 32.4 Å². The second kappa shape index (κ2) is 5.12. The van der Waals surface area contributed by atoms with Crippen molar-refractivity contribution < 1.29 is 4.74 Å². The van der Waals surface area contributed by atoms with Crippen LogP contribution in [0.5, 0.6) is 0 Å². The molecule has 3 nitrogen and oxygen atoms in total. The molecule has 0 saturated heterocycles. The summed E-state index contributed by atoms with van der Waals surface area (Å²) in [4.78, 5) is 4.12. The van der Waals surface area contributed by atoms with Gasteiger partial charge in [-0.3, -0.25) is 4.98 Å². The maximum atomic E-state index is 5.43. The van der Waals surface area contributed by atoms with Crippen molar-refractivity contribution in [1.29, 1.82) is 0 Å². The van der Waals surface area contributed by atoms with E-state index >= 15 is 0 Å². The van der Waals surface area contributed by atoms with Gasteiger partial charge in [0.15, 0.2) is 0 Å². The Labute approximate surface area is 96.5 Å². The Balaban J connectivity index is 2.05. The van der Waals surface area contributed by atoms with E-state index in [4.69, 9.17) is 4.74 Å². The van der Waals surface area contributed by atoms with Gasteiger partial charge < -0.3 is 10.1 Å². The molecule has 0 amide bonds. The van der Waals surface area contributed by atoms with Crippen LogP contribution in [0.25, 0.3) is 5.76 Å². The summed E-state index contributed by atoms with van der Waals surface area (Å²) in [5, 5.41) is 3.49. The monoisotopic (exact) mass is 218 g/mol. The minimum Gasteiger partial charge on any atom is -0.494 e. The first kappa shape index (κ1) is 11.1. The van der Waals surface area contributed by atoms with Gasteiger partial charge in [0.05, 0.1) is 6.61 Å². The fourth-order valence-corrected chi connectivity index (χ4v) is 1.62. The van der Waals surface area contributed by atoms with E-state index in [0.29, 0.717) is 18.4 Å². The topological polar surface area (TPSA) is 34.1 Å².